The van der Waals surface area contributed by atoms with Crippen LogP contribution >= 0.6 is 0 Å². The van der Waals surface area contributed by atoms with Crippen molar-refractivity contribution in [3.05, 3.63) is 41.8 Å². The molecule has 134 valence electrons. The maximum atomic E-state index is 12.5. The molecule has 1 unspecified atom stereocenters. The summed E-state index contributed by atoms with van der Waals surface area (Å²) in [5, 5.41) is 3.88. The molecule has 8 nitrogen and oxygen atoms in total. The minimum Gasteiger partial charge on any atom is -0.384 e. The largest absolute Gasteiger partial charge is 0.384 e. The van der Waals surface area contributed by atoms with Crippen LogP contribution in [0, 0.1) is 0 Å². The zero-order chi connectivity index (χ0) is 17.5. The number of hydrogen-bond donors (Lipinski definition) is 0. The van der Waals surface area contributed by atoms with Crippen molar-refractivity contribution in [2.45, 2.75) is 32.0 Å². The predicted octanol–water partition coefficient (Wildman–Crippen LogP) is 1.47. The Hall–Kier alpha value is -2.32. The van der Waals surface area contributed by atoms with Gasteiger partial charge in [-0.25, -0.2) is 0 Å². The van der Waals surface area contributed by atoms with Crippen molar-refractivity contribution < 1.29 is 18.8 Å². The summed E-state index contributed by atoms with van der Waals surface area (Å²) < 4.78 is 16.0. The van der Waals surface area contributed by atoms with Gasteiger partial charge in [-0.1, -0.05) is 5.16 Å². The lowest BCUT2D eigenvalue weighted by atomic mass is 10.1. The minimum atomic E-state index is -0.0335. The number of nitrogens with zero attached hydrogens (tertiary/aromatic N) is 4. The van der Waals surface area contributed by atoms with E-state index in [-0.39, 0.29) is 18.6 Å². The van der Waals surface area contributed by atoms with Gasteiger partial charge in [-0.3, -0.25) is 9.78 Å². The van der Waals surface area contributed by atoms with Gasteiger partial charge >= 0.3 is 0 Å². The molecule has 2 aromatic heterocycles. The van der Waals surface area contributed by atoms with Crippen LogP contribution in [0.15, 0.2) is 29.0 Å². The zero-order valence-corrected chi connectivity index (χ0v) is 14.3. The Morgan fingerprint density at radius 3 is 3.04 bits per heavy atom. The Bertz CT molecular complexity index is 676. The molecule has 0 aliphatic carbocycles. The maximum Gasteiger partial charge on any atom is 0.254 e. The molecule has 1 amide bonds. The molecule has 0 spiro atoms. The molecule has 1 fully saturated rings. The van der Waals surface area contributed by atoms with Crippen LogP contribution in [0.25, 0.3) is 0 Å². The first-order chi connectivity index (χ1) is 12.3. The number of likely N-dealkylation sites (tertiary alicyclic amines) is 1. The maximum absolute atomic E-state index is 12.5. The number of ether oxygens (including phenoxy) is 2. The quantitative estimate of drug-likeness (QED) is 0.750. The van der Waals surface area contributed by atoms with Crippen molar-refractivity contribution in [3.8, 4) is 0 Å². The van der Waals surface area contributed by atoms with Gasteiger partial charge in [0.1, 0.15) is 6.61 Å². The van der Waals surface area contributed by atoms with E-state index in [0.717, 1.165) is 19.4 Å². The van der Waals surface area contributed by atoms with Crippen molar-refractivity contribution in [1.82, 2.24) is 20.0 Å². The third kappa shape index (κ3) is 4.83. The van der Waals surface area contributed by atoms with Gasteiger partial charge in [-0.2, -0.15) is 4.98 Å². The molecular formula is C17H22N4O4. The highest BCUT2D eigenvalue weighted by Crippen LogP contribution is 2.17. The monoisotopic (exact) mass is 346 g/mol. The van der Waals surface area contributed by atoms with Crippen LogP contribution in [-0.2, 0) is 22.5 Å². The molecule has 1 atom stereocenters. The second-order valence-corrected chi connectivity index (χ2v) is 5.91. The fourth-order valence-corrected chi connectivity index (χ4v) is 2.77. The number of aromatic nitrogens is 3. The summed E-state index contributed by atoms with van der Waals surface area (Å²) in [7, 11) is 1.63. The van der Waals surface area contributed by atoms with Crippen molar-refractivity contribution in [3.63, 3.8) is 0 Å². The highest BCUT2D eigenvalue weighted by atomic mass is 16.5. The van der Waals surface area contributed by atoms with Gasteiger partial charge in [0.25, 0.3) is 11.8 Å². The van der Waals surface area contributed by atoms with Gasteiger partial charge in [-0.15, -0.1) is 0 Å². The standard InChI is InChI=1S/C17H22N4O4/c1-23-10-6-15-19-16(25-20-15)12-24-14-3-2-9-21(11-14)17(22)13-4-7-18-8-5-13/h4-5,7-8,14H,2-3,6,9-12H2,1H3. The summed E-state index contributed by atoms with van der Waals surface area (Å²) in [6.07, 6.45) is 5.64. The molecule has 2 aromatic rings. The van der Waals surface area contributed by atoms with E-state index in [1.807, 2.05) is 4.90 Å². The summed E-state index contributed by atoms with van der Waals surface area (Å²) in [5.74, 6) is 1.07. The van der Waals surface area contributed by atoms with Gasteiger partial charge < -0.3 is 18.9 Å². The number of pyridine rings is 1. The molecule has 0 bridgehead atoms. The molecule has 1 saturated heterocycles. The lowest BCUT2D eigenvalue weighted by Crippen LogP contribution is -2.43. The lowest BCUT2D eigenvalue weighted by Gasteiger charge is -2.32. The molecule has 3 rings (SSSR count). The van der Waals surface area contributed by atoms with Crippen LogP contribution in [0.5, 0.6) is 0 Å². The predicted molar refractivity (Wildman–Crippen MR) is 87.8 cm³/mol. The van der Waals surface area contributed by atoms with Crippen LogP contribution in [0.4, 0.5) is 0 Å². The number of carbonyl (C=O) groups excluding carboxylic acids is 1. The van der Waals surface area contributed by atoms with E-state index < -0.39 is 0 Å². The Morgan fingerprint density at radius 1 is 1.40 bits per heavy atom. The van der Waals surface area contributed by atoms with Crippen LogP contribution in [-0.4, -0.2) is 58.8 Å². The van der Waals surface area contributed by atoms with Crippen molar-refractivity contribution in [2.75, 3.05) is 26.8 Å². The fourth-order valence-electron chi connectivity index (χ4n) is 2.77. The third-order valence-corrected chi connectivity index (χ3v) is 4.08. The summed E-state index contributed by atoms with van der Waals surface area (Å²) in [4.78, 5) is 22.5. The first-order valence-corrected chi connectivity index (χ1v) is 8.37. The SMILES string of the molecule is COCCc1noc(COC2CCCN(C(=O)c3ccncc3)C2)n1. The van der Waals surface area contributed by atoms with Gasteiger partial charge in [-0.05, 0) is 25.0 Å². The normalized spacial score (nSPS) is 17.6. The Morgan fingerprint density at radius 2 is 2.24 bits per heavy atom. The number of amides is 1. The van der Waals surface area contributed by atoms with Gasteiger partial charge in [0.2, 0.25) is 0 Å². The van der Waals surface area contributed by atoms with E-state index in [0.29, 0.717) is 36.9 Å². The van der Waals surface area contributed by atoms with E-state index in [9.17, 15) is 4.79 Å². The number of piperidine rings is 1. The molecule has 8 heteroatoms. The highest BCUT2D eigenvalue weighted by molar-refractivity contribution is 5.94. The fraction of sp³-hybridized carbons (Fsp3) is 0.529. The molecule has 25 heavy (non-hydrogen) atoms. The van der Waals surface area contributed by atoms with Crippen LogP contribution < -0.4 is 0 Å². The van der Waals surface area contributed by atoms with Gasteiger partial charge in [0.15, 0.2) is 5.82 Å². The molecule has 0 aromatic carbocycles. The third-order valence-electron chi connectivity index (χ3n) is 4.08. The Labute approximate surface area is 146 Å². The molecular weight excluding hydrogens is 324 g/mol. The minimum absolute atomic E-state index is 0.00958. The second-order valence-electron chi connectivity index (χ2n) is 5.91. The van der Waals surface area contributed by atoms with E-state index in [1.54, 1.807) is 31.6 Å². The number of rotatable bonds is 7. The van der Waals surface area contributed by atoms with E-state index in [1.165, 1.54) is 0 Å². The first kappa shape index (κ1) is 17.5. The van der Waals surface area contributed by atoms with Crippen molar-refractivity contribution in [2.24, 2.45) is 0 Å². The van der Waals surface area contributed by atoms with Crippen LogP contribution in [0.2, 0.25) is 0 Å². The average molecular weight is 346 g/mol. The molecule has 1 aliphatic rings. The summed E-state index contributed by atoms with van der Waals surface area (Å²) >= 11 is 0. The average Bonchev–Trinajstić information content (AvgIpc) is 3.13. The topological polar surface area (TPSA) is 90.6 Å². The molecule has 0 N–H and O–H groups in total. The van der Waals surface area contributed by atoms with Crippen LogP contribution in [0.1, 0.15) is 34.9 Å². The number of methoxy groups -OCH3 is 1. The molecule has 3 heterocycles. The summed E-state index contributed by atoms with van der Waals surface area (Å²) in [6.45, 7) is 2.10. The number of hydrogen-bond acceptors (Lipinski definition) is 7. The van der Waals surface area contributed by atoms with E-state index in [2.05, 4.69) is 15.1 Å². The molecule has 0 saturated carbocycles. The Balaban J connectivity index is 1.50. The van der Waals surface area contributed by atoms with Gasteiger partial charge in [0, 0.05) is 44.6 Å². The highest BCUT2D eigenvalue weighted by Gasteiger charge is 2.25. The van der Waals surface area contributed by atoms with Crippen molar-refractivity contribution in [1.29, 1.82) is 0 Å². The molecule has 1 aliphatic heterocycles. The van der Waals surface area contributed by atoms with Crippen LogP contribution in [0.3, 0.4) is 0 Å². The second kappa shape index (κ2) is 8.68. The van der Waals surface area contributed by atoms with Gasteiger partial charge in [0.05, 0.1) is 12.7 Å². The molecule has 0 radical (unpaired) electrons. The smallest absolute Gasteiger partial charge is 0.254 e. The van der Waals surface area contributed by atoms with Crippen molar-refractivity contribution >= 4 is 5.91 Å². The lowest BCUT2D eigenvalue weighted by molar-refractivity contribution is -0.0153. The zero-order valence-electron chi connectivity index (χ0n) is 14.3. The van der Waals surface area contributed by atoms with E-state index in [4.69, 9.17) is 14.0 Å². The van der Waals surface area contributed by atoms with E-state index >= 15 is 0 Å². The summed E-state index contributed by atoms with van der Waals surface area (Å²) in [5.41, 5.74) is 0.648. The number of carbonyl (C=O) groups is 1. The Kier molecular flexibility index (Phi) is 6.08. The first-order valence-electron chi connectivity index (χ1n) is 8.37. The summed E-state index contributed by atoms with van der Waals surface area (Å²) in [6, 6.07) is 3.46.